The third-order valence-electron chi connectivity index (χ3n) is 5.69. The summed E-state index contributed by atoms with van der Waals surface area (Å²) < 4.78 is 39.4. The molecule has 0 aromatic heterocycles. The third-order valence-corrected chi connectivity index (χ3v) is 6.71. The second kappa shape index (κ2) is 5.76. The lowest BCUT2D eigenvalue weighted by Crippen LogP contribution is -2.64. The van der Waals surface area contributed by atoms with E-state index in [1.54, 1.807) is 11.8 Å². The first-order valence-electron chi connectivity index (χ1n) is 8.45. The Morgan fingerprint density at radius 3 is 2.56 bits per heavy atom. The Morgan fingerprint density at radius 1 is 1.16 bits per heavy atom. The molecule has 134 valence electrons. The highest BCUT2D eigenvalue weighted by Crippen LogP contribution is 2.49. The quantitative estimate of drug-likeness (QED) is 0.656. The maximum Gasteiger partial charge on any atom is 0.416 e. The fourth-order valence-electron chi connectivity index (χ4n) is 4.48. The number of nitrogens with zero attached hydrogens (tertiary/aromatic N) is 1. The average molecular weight is 369 g/mol. The van der Waals surface area contributed by atoms with Crippen molar-refractivity contribution in [3.63, 3.8) is 0 Å². The smallest absolute Gasteiger partial charge is 0.365 e. The van der Waals surface area contributed by atoms with Crippen molar-refractivity contribution in [1.29, 1.82) is 0 Å². The first-order valence-corrected chi connectivity index (χ1v) is 9.60. The molecule has 3 aliphatic rings. The van der Waals surface area contributed by atoms with E-state index in [1.807, 2.05) is 4.90 Å². The SMILES string of the molecule is O=C1CCCC(=O)C12Cc1cc(C(F)(F)F)ccc1N1CCSCC12. The van der Waals surface area contributed by atoms with Gasteiger partial charge >= 0.3 is 6.18 Å². The normalized spacial score (nSPS) is 25.7. The van der Waals surface area contributed by atoms with Crippen LogP contribution in [0.5, 0.6) is 0 Å². The third kappa shape index (κ3) is 2.50. The zero-order valence-corrected chi connectivity index (χ0v) is 14.4. The van der Waals surface area contributed by atoms with Crippen molar-refractivity contribution in [2.45, 2.75) is 37.9 Å². The molecule has 0 N–H and O–H groups in total. The van der Waals surface area contributed by atoms with E-state index >= 15 is 0 Å². The van der Waals surface area contributed by atoms with Gasteiger partial charge in [-0.05, 0) is 36.6 Å². The van der Waals surface area contributed by atoms with Gasteiger partial charge in [0.15, 0.2) is 0 Å². The Balaban J connectivity index is 1.87. The molecule has 1 saturated heterocycles. The maximum absolute atomic E-state index is 13.1. The Kier molecular flexibility index (Phi) is 3.90. The Morgan fingerprint density at radius 2 is 1.88 bits per heavy atom. The molecule has 1 aromatic rings. The molecule has 25 heavy (non-hydrogen) atoms. The number of alkyl halides is 3. The van der Waals surface area contributed by atoms with Gasteiger partial charge in [-0.25, -0.2) is 0 Å². The zero-order valence-electron chi connectivity index (χ0n) is 13.6. The van der Waals surface area contributed by atoms with Crippen molar-refractivity contribution in [3.8, 4) is 0 Å². The fraction of sp³-hybridized carbons (Fsp3) is 0.556. The number of hydrogen-bond donors (Lipinski definition) is 0. The molecule has 4 rings (SSSR count). The van der Waals surface area contributed by atoms with Crippen LogP contribution in [-0.4, -0.2) is 35.7 Å². The highest BCUT2D eigenvalue weighted by Gasteiger charge is 2.57. The second-order valence-electron chi connectivity index (χ2n) is 6.97. The van der Waals surface area contributed by atoms with Gasteiger partial charge in [0, 0.05) is 36.6 Å². The van der Waals surface area contributed by atoms with E-state index in [9.17, 15) is 22.8 Å². The molecule has 0 radical (unpaired) electrons. The van der Waals surface area contributed by atoms with E-state index in [0.29, 0.717) is 37.1 Å². The monoisotopic (exact) mass is 369 g/mol. The summed E-state index contributed by atoms with van der Waals surface area (Å²) in [5.74, 6) is 1.32. The van der Waals surface area contributed by atoms with E-state index in [0.717, 1.165) is 23.6 Å². The van der Waals surface area contributed by atoms with Crippen LogP contribution in [0.1, 0.15) is 30.4 Å². The highest BCUT2D eigenvalue weighted by molar-refractivity contribution is 7.99. The number of carbonyl (C=O) groups is 2. The lowest BCUT2D eigenvalue weighted by atomic mass is 9.62. The molecule has 1 saturated carbocycles. The molecule has 0 amide bonds. The number of halogens is 3. The molecule has 3 nitrogen and oxygen atoms in total. The fourth-order valence-corrected chi connectivity index (χ4v) is 5.66. The van der Waals surface area contributed by atoms with Gasteiger partial charge in [-0.1, -0.05) is 0 Å². The number of hydrogen-bond acceptors (Lipinski definition) is 4. The van der Waals surface area contributed by atoms with Crippen molar-refractivity contribution < 1.29 is 22.8 Å². The lowest BCUT2D eigenvalue weighted by molar-refractivity contribution is -0.145. The number of rotatable bonds is 0. The molecule has 1 unspecified atom stereocenters. The second-order valence-corrected chi connectivity index (χ2v) is 8.12. The van der Waals surface area contributed by atoms with Crippen LogP contribution in [0.3, 0.4) is 0 Å². The lowest BCUT2D eigenvalue weighted by Gasteiger charge is -2.52. The van der Waals surface area contributed by atoms with Crippen molar-refractivity contribution >= 4 is 29.0 Å². The predicted molar refractivity (Wildman–Crippen MR) is 89.9 cm³/mol. The maximum atomic E-state index is 13.1. The standard InChI is InChI=1S/C18H18F3NO2S/c19-18(20,21)12-4-5-13-11(8-12)9-17(14-10-25-7-6-22(13)14)15(23)2-1-3-16(17)24/h4-5,8,14H,1-3,6-7,9-10H2. The minimum atomic E-state index is -4.43. The first-order chi connectivity index (χ1) is 11.8. The average Bonchev–Trinajstić information content (AvgIpc) is 2.58. The van der Waals surface area contributed by atoms with Gasteiger partial charge in [0.1, 0.15) is 17.0 Å². The van der Waals surface area contributed by atoms with Crippen LogP contribution >= 0.6 is 11.8 Å². The van der Waals surface area contributed by atoms with Gasteiger partial charge in [0.2, 0.25) is 0 Å². The number of carbonyl (C=O) groups excluding carboxylic acids is 2. The summed E-state index contributed by atoms with van der Waals surface area (Å²) in [6, 6.07) is 3.49. The number of Topliss-reactive ketones (excluding diaryl/α,β-unsaturated/α-hetero) is 2. The summed E-state index contributed by atoms with van der Waals surface area (Å²) in [5.41, 5.74) is -0.665. The predicted octanol–water partition coefficient (Wildman–Crippen LogP) is 3.49. The van der Waals surface area contributed by atoms with E-state index < -0.39 is 17.2 Å². The molecule has 2 aliphatic heterocycles. The summed E-state index contributed by atoms with van der Waals surface area (Å²) >= 11 is 1.71. The van der Waals surface area contributed by atoms with Gasteiger partial charge in [-0.2, -0.15) is 24.9 Å². The largest absolute Gasteiger partial charge is 0.416 e. The van der Waals surface area contributed by atoms with Crippen molar-refractivity contribution in [2.75, 3.05) is 23.0 Å². The highest BCUT2D eigenvalue weighted by atomic mass is 32.2. The summed E-state index contributed by atoms with van der Waals surface area (Å²) in [4.78, 5) is 27.7. The van der Waals surface area contributed by atoms with Crippen molar-refractivity contribution in [1.82, 2.24) is 0 Å². The molecule has 0 bridgehead atoms. The van der Waals surface area contributed by atoms with Crippen LogP contribution in [0.2, 0.25) is 0 Å². The Labute approximate surface area is 147 Å². The van der Waals surface area contributed by atoms with Crippen LogP contribution in [0.15, 0.2) is 18.2 Å². The number of ketones is 2. The number of benzene rings is 1. The summed E-state index contributed by atoms with van der Waals surface area (Å²) in [5, 5.41) is 0. The molecular weight excluding hydrogens is 351 g/mol. The molecule has 2 heterocycles. The first kappa shape index (κ1) is 16.9. The van der Waals surface area contributed by atoms with Gasteiger partial charge in [-0.3, -0.25) is 9.59 Å². The Bertz CT molecular complexity index is 730. The minimum Gasteiger partial charge on any atom is -0.365 e. The molecule has 1 spiro atoms. The van der Waals surface area contributed by atoms with Crippen molar-refractivity contribution in [2.24, 2.45) is 5.41 Å². The van der Waals surface area contributed by atoms with Gasteiger partial charge in [-0.15, -0.1) is 0 Å². The minimum absolute atomic E-state index is 0.0932. The van der Waals surface area contributed by atoms with E-state index in [4.69, 9.17) is 0 Å². The van der Waals surface area contributed by atoms with E-state index in [-0.39, 0.29) is 24.0 Å². The van der Waals surface area contributed by atoms with E-state index in [1.165, 1.54) is 6.07 Å². The number of anilines is 1. The molecular formula is C18H18F3NO2S. The van der Waals surface area contributed by atoms with E-state index in [2.05, 4.69) is 0 Å². The van der Waals surface area contributed by atoms with Gasteiger partial charge in [0.05, 0.1) is 11.6 Å². The molecule has 2 fully saturated rings. The number of fused-ring (bicyclic) bond motifs is 4. The van der Waals surface area contributed by atoms with Crippen LogP contribution in [0, 0.1) is 5.41 Å². The van der Waals surface area contributed by atoms with Crippen LogP contribution in [0.4, 0.5) is 18.9 Å². The number of thioether (sulfide) groups is 1. The zero-order chi connectivity index (χ0) is 17.8. The summed E-state index contributed by atoms with van der Waals surface area (Å²) in [6.07, 6.45) is -3.10. The van der Waals surface area contributed by atoms with Crippen LogP contribution in [0.25, 0.3) is 0 Å². The van der Waals surface area contributed by atoms with Gasteiger partial charge < -0.3 is 4.90 Å². The van der Waals surface area contributed by atoms with Crippen molar-refractivity contribution in [3.05, 3.63) is 29.3 Å². The van der Waals surface area contributed by atoms with Gasteiger partial charge in [0.25, 0.3) is 0 Å². The molecule has 7 heteroatoms. The topological polar surface area (TPSA) is 37.4 Å². The molecule has 1 aliphatic carbocycles. The van der Waals surface area contributed by atoms with Crippen LogP contribution in [-0.2, 0) is 22.2 Å². The summed E-state index contributed by atoms with van der Waals surface area (Å²) in [6.45, 7) is 0.649. The van der Waals surface area contributed by atoms with Crippen LogP contribution < -0.4 is 4.90 Å². The molecule has 1 aromatic carbocycles. The molecule has 1 atom stereocenters. The Hall–Kier alpha value is -1.50. The summed E-state index contributed by atoms with van der Waals surface area (Å²) in [7, 11) is 0.